The van der Waals surface area contributed by atoms with E-state index in [0.717, 1.165) is 37.1 Å². The van der Waals surface area contributed by atoms with Crippen molar-refractivity contribution in [2.75, 3.05) is 6.54 Å². The molecule has 2 fully saturated rings. The molecule has 1 heterocycles. The molecule has 0 bridgehead atoms. The monoisotopic (exact) mass is 286 g/mol. The summed E-state index contributed by atoms with van der Waals surface area (Å²) >= 11 is 0. The summed E-state index contributed by atoms with van der Waals surface area (Å²) in [5.41, 5.74) is 2.61. The van der Waals surface area contributed by atoms with Crippen LogP contribution >= 0.6 is 0 Å². The van der Waals surface area contributed by atoms with Gasteiger partial charge in [-0.25, -0.2) is 0 Å². The number of pyridine rings is 1. The molecule has 2 nitrogen and oxygen atoms in total. The van der Waals surface area contributed by atoms with E-state index in [2.05, 4.69) is 42.5 Å². The van der Waals surface area contributed by atoms with E-state index < -0.39 is 0 Å². The Hall–Kier alpha value is -0.890. The van der Waals surface area contributed by atoms with E-state index in [-0.39, 0.29) is 0 Å². The fourth-order valence-electron chi connectivity index (χ4n) is 4.33. The Balaban J connectivity index is 1.64. The number of nitrogens with zero attached hydrogens (tertiary/aromatic N) is 1. The average molecular weight is 286 g/mol. The third-order valence-electron chi connectivity index (χ3n) is 5.57. The van der Waals surface area contributed by atoms with Crippen LogP contribution in [0.25, 0.3) is 0 Å². The van der Waals surface area contributed by atoms with Crippen molar-refractivity contribution in [2.24, 2.45) is 17.8 Å². The normalized spacial score (nSPS) is 29.0. The zero-order chi connectivity index (χ0) is 14.7. The highest BCUT2D eigenvalue weighted by atomic mass is 14.9. The molecule has 116 valence electrons. The molecule has 1 aromatic heterocycles. The largest absolute Gasteiger partial charge is 0.313 e. The van der Waals surface area contributed by atoms with Crippen molar-refractivity contribution in [3.8, 4) is 0 Å². The van der Waals surface area contributed by atoms with Crippen molar-refractivity contribution in [1.29, 1.82) is 0 Å². The molecule has 0 spiro atoms. The Morgan fingerprint density at radius 3 is 2.52 bits per heavy atom. The van der Waals surface area contributed by atoms with Gasteiger partial charge in [0.1, 0.15) is 0 Å². The molecule has 3 unspecified atom stereocenters. The number of fused-ring (bicyclic) bond motifs is 1. The second-order valence-electron chi connectivity index (χ2n) is 6.97. The summed E-state index contributed by atoms with van der Waals surface area (Å²) in [4.78, 5) is 4.68. The van der Waals surface area contributed by atoms with Crippen LogP contribution in [-0.4, -0.2) is 17.6 Å². The minimum Gasteiger partial charge on any atom is -0.313 e. The van der Waals surface area contributed by atoms with Gasteiger partial charge >= 0.3 is 0 Å². The van der Waals surface area contributed by atoms with Crippen molar-refractivity contribution in [3.63, 3.8) is 0 Å². The first kappa shape index (κ1) is 15.0. The minimum absolute atomic E-state index is 0.651. The van der Waals surface area contributed by atoms with Crippen LogP contribution in [0, 0.1) is 17.8 Å². The molecule has 2 aliphatic rings. The lowest BCUT2D eigenvalue weighted by molar-refractivity contribution is 0.424. The van der Waals surface area contributed by atoms with E-state index in [1.54, 1.807) is 0 Å². The number of aromatic nitrogens is 1. The highest BCUT2D eigenvalue weighted by molar-refractivity contribution is 5.16. The van der Waals surface area contributed by atoms with Gasteiger partial charge in [-0.3, -0.25) is 4.98 Å². The third-order valence-corrected chi connectivity index (χ3v) is 5.57. The number of hydrogen-bond acceptors (Lipinski definition) is 2. The Morgan fingerprint density at radius 1 is 1.19 bits per heavy atom. The van der Waals surface area contributed by atoms with Gasteiger partial charge in [-0.05, 0) is 61.6 Å². The molecule has 1 aromatic rings. The third kappa shape index (κ3) is 3.48. The second kappa shape index (κ2) is 6.91. The fourth-order valence-corrected chi connectivity index (χ4v) is 4.33. The SMILES string of the molecule is CCCNC(Cc1ccc(CC)cn1)C1C2CCCCC21. The molecule has 2 aliphatic carbocycles. The summed E-state index contributed by atoms with van der Waals surface area (Å²) in [6, 6.07) is 5.14. The molecule has 2 heteroatoms. The standard InChI is InChI=1S/C19H30N2/c1-3-11-20-18(19-16-7-5-6-8-17(16)19)12-15-10-9-14(4-2)13-21-15/h9-10,13,16-20H,3-8,11-12H2,1-2H3. The van der Waals surface area contributed by atoms with Gasteiger partial charge in [0.15, 0.2) is 0 Å². The van der Waals surface area contributed by atoms with E-state index in [9.17, 15) is 0 Å². The maximum atomic E-state index is 4.68. The zero-order valence-electron chi connectivity index (χ0n) is 13.6. The second-order valence-corrected chi connectivity index (χ2v) is 6.97. The molecule has 21 heavy (non-hydrogen) atoms. The van der Waals surface area contributed by atoms with Crippen LogP contribution in [0.5, 0.6) is 0 Å². The molecule has 0 amide bonds. The van der Waals surface area contributed by atoms with Gasteiger partial charge in [0.2, 0.25) is 0 Å². The molecule has 0 aliphatic heterocycles. The highest BCUT2D eigenvalue weighted by Gasteiger charge is 2.53. The van der Waals surface area contributed by atoms with E-state index in [4.69, 9.17) is 0 Å². The number of nitrogens with one attached hydrogen (secondary N) is 1. The minimum atomic E-state index is 0.651. The van der Waals surface area contributed by atoms with Crippen molar-refractivity contribution in [3.05, 3.63) is 29.6 Å². The molecular weight excluding hydrogens is 256 g/mol. The van der Waals surface area contributed by atoms with Crippen LogP contribution < -0.4 is 5.32 Å². The Labute approximate surface area is 129 Å². The number of aryl methyl sites for hydroxylation is 1. The summed E-state index contributed by atoms with van der Waals surface area (Å²) in [6.45, 7) is 5.60. The van der Waals surface area contributed by atoms with Gasteiger partial charge in [-0.1, -0.05) is 32.8 Å². The van der Waals surface area contributed by atoms with Gasteiger partial charge in [-0.15, -0.1) is 0 Å². The van der Waals surface area contributed by atoms with Crippen molar-refractivity contribution >= 4 is 0 Å². The average Bonchev–Trinajstić information content (AvgIpc) is 3.26. The van der Waals surface area contributed by atoms with Crippen molar-refractivity contribution in [2.45, 2.75) is 64.8 Å². The summed E-state index contributed by atoms with van der Waals surface area (Å²) in [5, 5.41) is 3.82. The van der Waals surface area contributed by atoms with Crippen LogP contribution in [0.3, 0.4) is 0 Å². The lowest BCUT2D eigenvalue weighted by atomic mass is 10.0. The molecule has 1 N–H and O–H groups in total. The van der Waals surface area contributed by atoms with E-state index in [1.807, 2.05) is 0 Å². The van der Waals surface area contributed by atoms with Gasteiger partial charge in [0, 0.05) is 24.4 Å². The van der Waals surface area contributed by atoms with Gasteiger partial charge in [0.05, 0.1) is 0 Å². The van der Waals surface area contributed by atoms with E-state index in [0.29, 0.717) is 6.04 Å². The van der Waals surface area contributed by atoms with Crippen LogP contribution in [0.1, 0.15) is 57.2 Å². The van der Waals surface area contributed by atoms with Crippen LogP contribution in [0.4, 0.5) is 0 Å². The van der Waals surface area contributed by atoms with E-state index >= 15 is 0 Å². The molecular formula is C19H30N2. The summed E-state index contributed by atoms with van der Waals surface area (Å²) in [7, 11) is 0. The van der Waals surface area contributed by atoms with Gasteiger partial charge in [-0.2, -0.15) is 0 Å². The topological polar surface area (TPSA) is 24.9 Å². The predicted molar refractivity (Wildman–Crippen MR) is 88.3 cm³/mol. The first-order valence-corrected chi connectivity index (χ1v) is 9.00. The Morgan fingerprint density at radius 2 is 1.95 bits per heavy atom. The molecule has 0 saturated heterocycles. The Kier molecular flexibility index (Phi) is 4.95. The first-order chi connectivity index (χ1) is 10.3. The van der Waals surface area contributed by atoms with Gasteiger partial charge < -0.3 is 5.32 Å². The van der Waals surface area contributed by atoms with E-state index in [1.165, 1.54) is 43.4 Å². The molecule has 2 saturated carbocycles. The summed E-state index contributed by atoms with van der Waals surface area (Å²) in [5.74, 6) is 2.96. The first-order valence-electron chi connectivity index (χ1n) is 9.00. The summed E-state index contributed by atoms with van der Waals surface area (Å²) in [6.07, 6.45) is 11.3. The molecule has 3 atom stereocenters. The highest BCUT2D eigenvalue weighted by Crippen LogP contribution is 2.57. The van der Waals surface area contributed by atoms with Crippen LogP contribution in [0.2, 0.25) is 0 Å². The molecule has 3 rings (SSSR count). The zero-order valence-corrected chi connectivity index (χ0v) is 13.6. The lowest BCUT2D eigenvalue weighted by Gasteiger charge is -2.19. The number of rotatable bonds is 7. The number of hydrogen-bond donors (Lipinski definition) is 1. The van der Waals surface area contributed by atoms with Crippen LogP contribution in [0.15, 0.2) is 18.3 Å². The van der Waals surface area contributed by atoms with Crippen molar-refractivity contribution < 1.29 is 0 Å². The smallest absolute Gasteiger partial charge is 0.0419 e. The predicted octanol–water partition coefficient (Wildman–Crippen LogP) is 3.99. The molecule has 0 radical (unpaired) electrons. The lowest BCUT2D eigenvalue weighted by Crippen LogP contribution is -2.35. The fraction of sp³-hybridized carbons (Fsp3) is 0.737. The maximum absolute atomic E-state index is 4.68. The Bertz CT molecular complexity index is 427. The van der Waals surface area contributed by atoms with Crippen molar-refractivity contribution in [1.82, 2.24) is 10.3 Å². The molecule has 0 aromatic carbocycles. The maximum Gasteiger partial charge on any atom is 0.0419 e. The van der Waals surface area contributed by atoms with Gasteiger partial charge in [0.25, 0.3) is 0 Å². The quantitative estimate of drug-likeness (QED) is 0.820. The summed E-state index contributed by atoms with van der Waals surface area (Å²) < 4.78 is 0. The van der Waals surface area contributed by atoms with Crippen LogP contribution in [-0.2, 0) is 12.8 Å².